The van der Waals surface area contributed by atoms with Crippen molar-refractivity contribution < 1.29 is 19.1 Å². The van der Waals surface area contributed by atoms with Crippen molar-refractivity contribution >= 4 is 29.1 Å². The van der Waals surface area contributed by atoms with Crippen LogP contribution in [-0.4, -0.2) is 34.9 Å². The van der Waals surface area contributed by atoms with Crippen LogP contribution < -0.4 is 11.1 Å². The molecule has 1 rings (SSSR count). The molecule has 0 radical (unpaired) electrons. The van der Waals surface area contributed by atoms with Gasteiger partial charge in [-0.25, -0.2) is 9.78 Å². The van der Waals surface area contributed by atoms with Crippen molar-refractivity contribution in [1.82, 2.24) is 10.3 Å². The number of ether oxygens (including phenoxy) is 1. The summed E-state index contributed by atoms with van der Waals surface area (Å²) in [6, 6.07) is 0. The maximum atomic E-state index is 11.8. The van der Waals surface area contributed by atoms with Crippen LogP contribution in [0.1, 0.15) is 41.1 Å². The van der Waals surface area contributed by atoms with Gasteiger partial charge in [0.05, 0.1) is 6.61 Å². The number of amides is 2. The van der Waals surface area contributed by atoms with Gasteiger partial charge < -0.3 is 15.8 Å². The maximum Gasteiger partial charge on any atom is 0.367 e. The Morgan fingerprint density at radius 2 is 2.11 bits per heavy atom. The van der Waals surface area contributed by atoms with Gasteiger partial charge in [0.25, 0.3) is 5.91 Å². The number of nitrogens with zero attached hydrogens (tertiary/aromatic N) is 1. The lowest BCUT2D eigenvalue weighted by Crippen LogP contribution is -2.53. The van der Waals surface area contributed by atoms with Crippen LogP contribution >= 0.6 is 11.3 Å². The molecule has 0 spiro atoms. The van der Waals surface area contributed by atoms with E-state index in [1.54, 1.807) is 6.92 Å². The van der Waals surface area contributed by atoms with Gasteiger partial charge in [-0.3, -0.25) is 9.59 Å². The van der Waals surface area contributed by atoms with Gasteiger partial charge in [0.15, 0.2) is 0 Å². The molecule has 0 bridgehead atoms. The Morgan fingerprint density at radius 3 is 2.63 bits per heavy atom. The SMILES string of the molecule is CCOC(=O)c1nc(C(=O)NC(C)(C)C(N)=O)cs1. The number of esters is 1. The molecule has 0 aromatic carbocycles. The molecule has 7 nitrogen and oxygen atoms in total. The number of nitrogens with two attached hydrogens (primary N) is 1. The van der Waals surface area contributed by atoms with Gasteiger partial charge in [-0.15, -0.1) is 11.3 Å². The van der Waals surface area contributed by atoms with E-state index in [2.05, 4.69) is 10.3 Å². The largest absolute Gasteiger partial charge is 0.461 e. The Kier molecular flexibility index (Phi) is 4.60. The Balaban J connectivity index is 2.79. The average molecular weight is 285 g/mol. The van der Waals surface area contributed by atoms with Crippen LogP contribution in [0.5, 0.6) is 0 Å². The molecule has 3 N–H and O–H groups in total. The minimum Gasteiger partial charge on any atom is -0.461 e. The number of aromatic nitrogens is 1. The molecule has 0 saturated heterocycles. The normalized spacial score (nSPS) is 10.9. The first-order valence-corrected chi connectivity index (χ1v) is 6.41. The number of hydrogen-bond donors (Lipinski definition) is 2. The molecule has 0 saturated carbocycles. The monoisotopic (exact) mass is 285 g/mol. The lowest BCUT2D eigenvalue weighted by Gasteiger charge is -2.21. The minimum absolute atomic E-state index is 0.0439. The molecule has 0 unspecified atom stereocenters. The van der Waals surface area contributed by atoms with E-state index >= 15 is 0 Å². The van der Waals surface area contributed by atoms with Crippen LogP contribution in [0, 0.1) is 0 Å². The highest BCUT2D eigenvalue weighted by atomic mass is 32.1. The number of thiazole rings is 1. The molecule has 2 amide bonds. The second-order valence-electron chi connectivity index (χ2n) is 4.20. The van der Waals surface area contributed by atoms with Crippen molar-refractivity contribution in [3.05, 3.63) is 16.1 Å². The molecule has 0 fully saturated rings. The van der Waals surface area contributed by atoms with Gasteiger partial charge in [-0.2, -0.15) is 0 Å². The predicted molar refractivity (Wildman–Crippen MR) is 68.8 cm³/mol. The second kappa shape index (κ2) is 5.79. The highest BCUT2D eigenvalue weighted by molar-refractivity contribution is 7.11. The van der Waals surface area contributed by atoms with Crippen molar-refractivity contribution in [2.45, 2.75) is 26.3 Å². The van der Waals surface area contributed by atoms with E-state index in [-0.39, 0.29) is 17.3 Å². The summed E-state index contributed by atoms with van der Waals surface area (Å²) in [5, 5.41) is 3.94. The van der Waals surface area contributed by atoms with Gasteiger partial charge in [-0.05, 0) is 20.8 Å². The maximum absolute atomic E-state index is 11.8. The van der Waals surface area contributed by atoms with Crippen LogP contribution in [0.2, 0.25) is 0 Å². The van der Waals surface area contributed by atoms with Crippen LogP contribution in [-0.2, 0) is 9.53 Å². The fraction of sp³-hybridized carbons (Fsp3) is 0.455. The minimum atomic E-state index is -1.19. The molecular weight excluding hydrogens is 270 g/mol. The zero-order valence-corrected chi connectivity index (χ0v) is 11.7. The summed E-state index contributed by atoms with van der Waals surface area (Å²) < 4.78 is 4.76. The molecule has 104 valence electrons. The van der Waals surface area contributed by atoms with Crippen molar-refractivity contribution in [1.29, 1.82) is 0 Å². The first-order valence-electron chi connectivity index (χ1n) is 5.53. The van der Waals surface area contributed by atoms with Crippen LogP contribution in [0.3, 0.4) is 0 Å². The second-order valence-corrected chi connectivity index (χ2v) is 5.06. The van der Waals surface area contributed by atoms with E-state index in [4.69, 9.17) is 10.5 Å². The summed E-state index contributed by atoms with van der Waals surface area (Å²) in [6.45, 7) is 4.86. The van der Waals surface area contributed by atoms with E-state index in [0.29, 0.717) is 0 Å². The Bertz CT molecular complexity index is 510. The summed E-state index contributed by atoms with van der Waals surface area (Å²) in [6.07, 6.45) is 0. The quantitative estimate of drug-likeness (QED) is 0.756. The molecular formula is C11H15N3O4S. The highest BCUT2D eigenvalue weighted by Gasteiger charge is 2.28. The first-order chi connectivity index (χ1) is 8.77. The zero-order valence-electron chi connectivity index (χ0n) is 10.9. The third kappa shape index (κ3) is 3.75. The molecule has 0 aliphatic heterocycles. The average Bonchev–Trinajstić information content (AvgIpc) is 2.77. The molecule has 0 aliphatic rings. The van der Waals surface area contributed by atoms with Gasteiger partial charge in [0, 0.05) is 5.38 Å². The molecule has 0 atom stereocenters. The highest BCUT2D eigenvalue weighted by Crippen LogP contribution is 2.12. The number of nitrogens with one attached hydrogen (secondary N) is 1. The van der Waals surface area contributed by atoms with E-state index in [1.807, 2.05) is 0 Å². The fourth-order valence-electron chi connectivity index (χ4n) is 1.07. The molecule has 1 aromatic rings. The molecule has 19 heavy (non-hydrogen) atoms. The van der Waals surface area contributed by atoms with E-state index < -0.39 is 23.3 Å². The van der Waals surface area contributed by atoms with Crippen LogP contribution in [0.15, 0.2) is 5.38 Å². The molecule has 8 heteroatoms. The van der Waals surface area contributed by atoms with Gasteiger partial charge in [-0.1, -0.05) is 0 Å². The lowest BCUT2D eigenvalue weighted by molar-refractivity contribution is -0.122. The lowest BCUT2D eigenvalue weighted by atomic mass is 10.1. The van der Waals surface area contributed by atoms with E-state index in [9.17, 15) is 14.4 Å². The van der Waals surface area contributed by atoms with Crippen LogP contribution in [0.4, 0.5) is 0 Å². The van der Waals surface area contributed by atoms with Crippen molar-refractivity contribution in [2.24, 2.45) is 5.73 Å². The molecule has 0 aliphatic carbocycles. The van der Waals surface area contributed by atoms with E-state index in [1.165, 1.54) is 19.2 Å². The number of primary amides is 1. The van der Waals surface area contributed by atoms with Gasteiger partial charge in [0.2, 0.25) is 10.9 Å². The summed E-state index contributed by atoms with van der Waals surface area (Å²) in [7, 11) is 0. The topological polar surface area (TPSA) is 111 Å². The van der Waals surface area contributed by atoms with Crippen molar-refractivity contribution in [2.75, 3.05) is 6.61 Å². The standard InChI is InChI=1S/C11H15N3O4S/c1-4-18-9(16)8-13-6(5-19-8)7(15)14-11(2,3)10(12)17/h5H,4H2,1-3H3,(H2,12,17)(H,14,15). The number of hydrogen-bond acceptors (Lipinski definition) is 6. The number of rotatable bonds is 5. The zero-order chi connectivity index (χ0) is 14.6. The molecule has 1 heterocycles. The fourth-order valence-corrected chi connectivity index (χ4v) is 1.76. The smallest absolute Gasteiger partial charge is 0.367 e. The summed E-state index contributed by atoms with van der Waals surface area (Å²) in [5.41, 5.74) is 4.00. The van der Waals surface area contributed by atoms with Gasteiger partial charge in [0.1, 0.15) is 11.2 Å². The number of carbonyl (C=O) groups is 3. The summed E-state index contributed by atoms with van der Waals surface area (Å²) in [4.78, 5) is 38.2. The summed E-state index contributed by atoms with van der Waals surface area (Å²) in [5.74, 6) is -1.82. The van der Waals surface area contributed by atoms with Gasteiger partial charge >= 0.3 is 5.97 Å². The third-order valence-electron chi connectivity index (χ3n) is 2.23. The van der Waals surface area contributed by atoms with Crippen LogP contribution in [0.25, 0.3) is 0 Å². The van der Waals surface area contributed by atoms with Crippen molar-refractivity contribution in [3.8, 4) is 0 Å². The molecule has 1 aromatic heterocycles. The van der Waals surface area contributed by atoms with Crippen molar-refractivity contribution in [3.63, 3.8) is 0 Å². The predicted octanol–water partition coefficient (Wildman–Crippen LogP) is 0.314. The Morgan fingerprint density at radius 1 is 1.47 bits per heavy atom. The van der Waals surface area contributed by atoms with E-state index in [0.717, 1.165) is 11.3 Å². The third-order valence-corrected chi connectivity index (χ3v) is 3.05. The first kappa shape index (κ1) is 15.1. The summed E-state index contributed by atoms with van der Waals surface area (Å²) >= 11 is 0.998. The Labute approximate surface area is 114 Å². The Hall–Kier alpha value is -1.96. The number of carbonyl (C=O) groups excluding carboxylic acids is 3.